The highest BCUT2D eigenvalue weighted by atomic mass is 16.3. The fourth-order valence-corrected chi connectivity index (χ4v) is 3.00. The fourth-order valence-electron chi connectivity index (χ4n) is 3.00. The van der Waals surface area contributed by atoms with Gasteiger partial charge < -0.3 is 21.5 Å². The minimum absolute atomic E-state index is 0.00194. The summed E-state index contributed by atoms with van der Waals surface area (Å²) in [6.45, 7) is 5.81. The number of aromatic hydroxyl groups is 1. The summed E-state index contributed by atoms with van der Waals surface area (Å²) in [5.74, 6) is -1.18. The summed E-state index contributed by atoms with van der Waals surface area (Å²) >= 11 is 0. The summed E-state index contributed by atoms with van der Waals surface area (Å²) in [4.78, 5) is 23.7. The molecule has 0 fully saturated rings. The number of ketones is 1. The quantitative estimate of drug-likeness (QED) is 0.447. The number of amides is 1. The summed E-state index contributed by atoms with van der Waals surface area (Å²) in [6, 6.07) is 14.4. The monoisotopic (exact) mass is 363 g/mol. The van der Waals surface area contributed by atoms with Crippen molar-refractivity contribution in [1.29, 1.82) is 0 Å². The van der Waals surface area contributed by atoms with Gasteiger partial charge in [0, 0.05) is 5.57 Å². The van der Waals surface area contributed by atoms with Crippen LogP contribution in [0.5, 0.6) is 5.75 Å². The van der Waals surface area contributed by atoms with E-state index in [1.54, 1.807) is 12.1 Å². The number of primary amides is 1. The van der Waals surface area contributed by atoms with E-state index in [-0.39, 0.29) is 28.8 Å². The molecular weight excluding hydrogens is 342 g/mol. The summed E-state index contributed by atoms with van der Waals surface area (Å²) < 4.78 is 0. The number of anilines is 1. The maximum Gasteiger partial charge on any atom is 0.252 e. The van der Waals surface area contributed by atoms with Gasteiger partial charge in [-0.2, -0.15) is 0 Å². The Morgan fingerprint density at radius 2 is 1.85 bits per heavy atom. The van der Waals surface area contributed by atoms with E-state index in [9.17, 15) is 14.7 Å². The molecule has 1 aliphatic rings. The van der Waals surface area contributed by atoms with Crippen LogP contribution in [0.4, 0.5) is 5.69 Å². The van der Waals surface area contributed by atoms with Crippen LogP contribution in [0.15, 0.2) is 72.1 Å². The number of rotatable bonds is 7. The topological polar surface area (TPSA) is 104 Å². The Morgan fingerprint density at radius 3 is 2.48 bits per heavy atom. The molecule has 6 nitrogen and oxygen atoms in total. The molecule has 0 aromatic heterocycles. The number of hydrogen-bond donors (Lipinski definition) is 4. The van der Waals surface area contributed by atoms with Gasteiger partial charge >= 0.3 is 0 Å². The van der Waals surface area contributed by atoms with E-state index in [4.69, 9.17) is 5.73 Å². The first-order chi connectivity index (χ1) is 12.9. The van der Waals surface area contributed by atoms with Gasteiger partial charge in [-0.3, -0.25) is 9.59 Å². The molecule has 0 saturated heterocycles. The minimum atomic E-state index is -0.734. The molecule has 27 heavy (non-hydrogen) atoms. The molecule has 138 valence electrons. The zero-order valence-electron chi connectivity index (χ0n) is 15.0. The van der Waals surface area contributed by atoms with Crippen LogP contribution in [0.2, 0.25) is 0 Å². The second-order valence-corrected chi connectivity index (χ2v) is 6.26. The summed E-state index contributed by atoms with van der Waals surface area (Å²) in [5.41, 5.74) is 7.81. The Morgan fingerprint density at radius 1 is 1.15 bits per heavy atom. The highest BCUT2D eigenvalue weighted by Crippen LogP contribution is 2.35. The first-order valence-electron chi connectivity index (χ1n) is 8.62. The zero-order valence-corrected chi connectivity index (χ0v) is 15.0. The molecule has 0 aliphatic heterocycles. The molecule has 0 radical (unpaired) electrons. The van der Waals surface area contributed by atoms with Gasteiger partial charge in [-0.05, 0) is 24.1 Å². The number of nitrogens with two attached hydrogens (primary N) is 1. The van der Waals surface area contributed by atoms with Crippen molar-refractivity contribution >= 4 is 17.4 Å². The first-order valence-corrected chi connectivity index (χ1v) is 8.62. The first kappa shape index (κ1) is 18.3. The molecule has 0 unspecified atom stereocenters. The van der Waals surface area contributed by atoms with Crippen LogP contribution in [-0.2, 0) is 4.79 Å². The summed E-state index contributed by atoms with van der Waals surface area (Å²) in [5, 5.41) is 16.5. The number of carbonyl (C=O) groups excluding carboxylic acids is 2. The Hall–Kier alpha value is -3.54. The van der Waals surface area contributed by atoms with E-state index in [1.165, 1.54) is 6.07 Å². The number of nitrogens with one attached hydrogen (secondary N) is 2. The Bertz CT molecular complexity index is 948. The molecule has 1 atom stereocenters. The van der Waals surface area contributed by atoms with E-state index >= 15 is 0 Å². The van der Waals surface area contributed by atoms with E-state index < -0.39 is 5.91 Å². The molecule has 5 N–H and O–H groups in total. The average Bonchev–Trinajstić information content (AvgIpc) is 2.68. The van der Waals surface area contributed by atoms with Gasteiger partial charge in [-0.15, -0.1) is 0 Å². The molecule has 0 bridgehead atoms. The lowest BCUT2D eigenvalue weighted by molar-refractivity contribution is -0.113. The Kier molecular flexibility index (Phi) is 4.98. The number of phenols is 1. The van der Waals surface area contributed by atoms with Gasteiger partial charge in [-0.1, -0.05) is 49.9 Å². The highest BCUT2D eigenvalue weighted by molar-refractivity contribution is 6.20. The molecular formula is C21H21N3O3. The van der Waals surface area contributed by atoms with Crippen molar-refractivity contribution in [2.75, 3.05) is 5.32 Å². The van der Waals surface area contributed by atoms with Gasteiger partial charge in [-0.25, -0.2) is 0 Å². The third-order valence-electron chi connectivity index (χ3n) is 4.54. The van der Waals surface area contributed by atoms with Gasteiger partial charge in [0.2, 0.25) is 5.78 Å². The molecule has 3 rings (SSSR count). The Labute approximate surface area is 157 Å². The number of hydrogen-bond acceptors (Lipinski definition) is 5. The Balaban J connectivity index is 1.90. The maximum absolute atomic E-state index is 12.3. The van der Waals surface area contributed by atoms with Crippen molar-refractivity contribution < 1.29 is 14.7 Å². The van der Waals surface area contributed by atoms with Crippen molar-refractivity contribution in [3.8, 4) is 5.75 Å². The van der Waals surface area contributed by atoms with Crippen molar-refractivity contribution in [3.63, 3.8) is 0 Å². The molecule has 1 amide bonds. The maximum atomic E-state index is 12.3. The van der Waals surface area contributed by atoms with E-state index in [0.717, 1.165) is 12.0 Å². The van der Waals surface area contributed by atoms with Crippen molar-refractivity contribution in [2.24, 2.45) is 5.73 Å². The number of benzene rings is 2. The fraction of sp³-hybridized carbons (Fsp3) is 0.143. The predicted octanol–water partition coefficient (Wildman–Crippen LogP) is 2.99. The van der Waals surface area contributed by atoms with E-state index in [1.807, 2.05) is 37.3 Å². The largest absolute Gasteiger partial charge is 0.505 e. The van der Waals surface area contributed by atoms with Crippen LogP contribution >= 0.6 is 0 Å². The molecule has 1 aliphatic carbocycles. The molecule has 2 aromatic rings. The number of allylic oxidation sites excluding steroid dienone is 2. The lowest BCUT2D eigenvalue weighted by Crippen LogP contribution is -2.37. The van der Waals surface area contributed by atoms with Crippen molar-refractivity contribution in [3.05, 3.63) is 83.2 Å². The van der Waals surface area contributed by atoms with Crippen LogP contribution in [0.25, 0.3) is 0 Å². The molecule has 2 aromatic carbocycles. The molecule has 0 heterocycles. The van der Waals surface area contributed by atoms with E-state index in [0.29, 0.717) is 17.0 Å². The number of carbonyl (C=O) groups is 2. The van der Waals surface area contributed by atoms with Gasteiger partial charge in [0.15, 0.2) is 5.75 Å². The van der Waals surface area contributed by atoms with Crippen molar-refractivity contribution in [2.45, 2.75) is 19.4 Å². The lowest BCUT2D eigenvalue weighted by atomic mass is 9.91. The summed E-state index contributed by atoms with van der Waals surface area (Å²) in [6.07, 6.45) is 0.781. The molecule has 0 spiro atoms. The van der Waals surface area contributed by atoms with Gasteiger partial charge in [0.05, 0.1) is 23.0 Å². The minimum Gasteiger partial charge on any atom is -0.505 e. The van der Waals surface area contributed by atoms with Gasteiger partial charge in [0.25, 0.3) is 5.91 Å². The zero-order chi connectivity index (χ0) is 19.6. The number of para-hydroxylation sites is 1. The van der Waals surface area contributed by atoms with Crippen LogP contribution in [0.3, 0.4) is 0 Å². The molecule has 6 heteroatoms. The standard InChI is InChI=1S/C21H21N3O3/c1-3-15(13-8-5-4-6-9-13)23-18-17(12(2)19(18)25)24-16-11-7-10-14(20(16)26)21(22)27/h4-11,15,23-24,26H,2-3H2,1H3,(H2,22,27)/t15-/m1/s1. The van der Waals surface area contributed by atoms with Crippen LogP contribution < -0.4 is 16.4 Å². The van der Waals surface area contributed by atoms with Gasteiger partial charge in [0.1, 0.15) is 5.70 Å². The second kappa shape index (κ2) is 7.37. The van der Waals surface area contributed by atoms with Crippen LogP contribution in [0.1, 0.15) is 35.3 Å². The third-order valence-corrected chi connectivity index (χ3v) is 4.54. The molecule has 0 saturated carbocycles. The SMILES string of the molecule is C=C1C(=O)C(N[C@H](CC)c2ccccc2)=C1Nc1cccc(C(N)=O)c1O. The van der Waals surface area contributed by atoms with Crippen LogP contribution in [-0.4, -0.2) is 16.8 Å². The van der Waals surface area contributed by atoms with E-state index in [2.05, 4.69) is 17.2 Å². The van der Waals surface area contributed by atoms with Crippen LogP contribution in [0, 0.1) is 0 Å². The lowest BCUT2D eigenvalue weighted by Gasteiger charge is -2.30. The predicted molar refractivity (Wildman–Crippen MR) is 104 cm³/mol. The summed E-state index contributed by atoms with van der Waals surface area (Å²) in [7, 11) is 0. The average molecular weight is 363 g/mol. The second-order valence-electron chi connectivity index (χ2n) is 6.26. The number of Topliss-reactive ketones (excluding diaryl/α,β-unsaturated/α-hetero) is 1. The normalized spacial score (nSPS) is 14.6. The third kappa shape index (κ3) is 3.42. The smallest absolute Gasteiger partial charge is 0.252 e. The highest BCUT2D eigenvalue weighted by Gasteiger charge is 2.34. The van der Waals surface area contributed by atoms with Crippen molar-refractivity contribution in [1.82, 2.24) is 5.32 Å².